The number of rotatable bonds is 52. The quantitative estimate of drug-likeness (QED) is 0.0261. The Bertz CT molecular complexity index is 1840. The van der Waals surface area contributed by atoms with Gasteiger partial charge < -0.3 is 14.2 Å². The maximum Gasteiger partial charge on any atom is 0.306 e. The largest absolute Gasteiger partial charge is 0.462 e. The first kappa shape index (κ1) is 71.5. The van der Waals surface area contributed by atoms with Crippen molar-refractivity contribution in [3.63, 3.8) is 0 Å². The van der Waals surface area contributed by atoms with Crippen LogP contribution in [-0.2, 0) is 28.6 Å². The van der Waals surface area contributed by atoms with Crippen LogP contribution in [0.5, 0.6) is 0 Å². The molecule has 0 N–H and O–H groups in total. The van der Waals surface area contributed by atoms with E-state index in [2.05, 4.69) is 191 Å². The zero-order valence-electron chi connectivity index (χ0n) is 48.9. The molecule has 0 rings (SSSR count). The van der Waals surface area contributed by atoms with Crippen molar-refractivity contribution in [2.75, 3.05) is 13.2 Å². The number of carbonyl (C=O) groups excluding carboxylic acids is 3. The predicted octanol–water partition coefficient (Wildman–Crippen LogP) is 20.9. The second-order valence-corrected chi connectivity index (χ2v) is 19.1. The van der Waals surface area contributed by atoms with Crippen molar-refractivity contribution in [2.45, 2.75) is 232 Å². The van der Waals surface area contributed by atoms with Crippen molar-refractivity contribution in [3.8, 4) is 0 Å². The highest BCUT2D eigenvalue weighted by Crippen LogP contribution is 2.13. The average molecular weight is 1060 g/mol. The molecule has 0 aromatic carbocycles. The topological polar surface area (TPSA) is 78.9 Å². The van der Waals surface area contributed by atoms with Gasteiger partial charge in [0.15, 0.2) is 6.10 Å². The van der Waals surface area contributed by atoms with Crippen LogP contribution < -0.4 is 0 Å². The van der Waals surface area contributed by atoms with Gasteiger partial charge in [-0.1, -0.05) is 248 Å². The van der Waals surface area contributed by atoms with Gasteiger partial charge in [-0.2, -0.15) is 0 Å². The Kier molecular flexibility index (Phi) is 58.6. The minimum atomic E-state index is -0.836. The van der Waals surface area contributed by atoms with E-state index in [9.17, 15) is 14.4 Å². The van der Waals surface area contributed by atoms with Crippen molar-refractivity contribution >= 4 is 17.9 Å². The smallest absolute Gasteiger partial charge is 0.306 e. The molecule has 6 nitrogen and oxygen atoms in total. The first-order chi connectivity index (χ1) is 38.0. The fourth-order valence-electron chi connectivity index (χ4n) is 7.48. The third kappa shape index (κ3) is 61.2. The highest BCUT2D eigenvalue weighted by Gasteiger charge is 2.19. The Hall–Kier alpha value is -5.49. The molecule has 0 aliphatic carbocycles. The number of ether oxygens (including phenoxy) is 3. The van der Waals surface area contributed by atoms with Crippen LogP contribution in [0.3, 0.4) is 0 Å². The molecule has 6 heteroatoms. The molecule has 0 saturated heterocycles. The molecular formula is C71H108O6. The molecular weight excluding hydrogens is 949 g/mol. The summed E-state index contributed by atoms with van der Waals surface area (Å²) in [6.45, 7) is 6.18. The second-order valence-electron chi connectivity index (χ2n) is 19.1. The van der Waals surface area contributed by atoms with E-state index in [1.165, 1.54) is 19.3 Å². The van der Waals surface area contributed by atoms with Crippen LogP contribution >= 0.6 is 0 Å². The summed E-state index contributed by atoms with van der Waals surface area (Å²) >= 11 is 0. The van der Waals surface area contributed by atoms with Gasteiger partial charge in [-0.3, -0.25) is 14.4 Å². The lowest BCUT2D eigenvalue weighted by atomic mass is 10.1. The fraction of sp³-hybridized carbons (Fsp3) is 0.535. The van der Waals surface area contributed by atoms with Gasteiger partial charge in [0.1, 0.15) is 13.2 Å². The van der Waals surface area contributed by atoms with Crippen LogP contribution in [0, 0.1) is 0 Å². The molecule has 0 bridgehead atoms. The third-order valence-corrected chi connectivity index (χ3v) is 11.9. The lowest BCUT2D eigenvalue weighted by Gasteiger charge is -2.18. The summed E-state index contributed by atoms with van der Waals surface area (Å²) < 4.78 is 16.8. The second kappa shape index (κ2) is 63.0. The van der Waals surface area contributed by atoms with Crippen LogP contribution in [0.15, 0.2) is 182 Å². The molecule has 0 aromatic heterocycles. The molecule has 1 unspecified atom stereocenters. The predicted molar refractivity (Wildman–Crippen MR) is 334 cm³/mol. The summed E-state index contributed by atoms with van der Waals surface area (Å²) in [5, 5.41) is 0. The molecule has 1 atom stereocenters. The fourth-order valence-corrected chi connectivity index (χ4v) is 7.48. The summed E-state index contributed by atoms with van der Waals surface area (Å²) in [5.41, 5.74) is 0. The van der Waals surface area contributed by atoms with E-state index in [0.717, 1.165) is 161 Å². The molecule has 0 spiro atoms. The minimum Gasteiger partial charge on any atom is -0.462 e. The van der Waals surface area contributed by atoms with Gasteiger partial charge in [-0.05, 0) is 141 Å². The summed E-state index contributed by atoms with van der Waals surface area (Å²) in [6, 6.07) is 0. The van der Waals surface area contributed by atoms with Crippen LogP contribution in [0.4, 0.5) is 0 Å². The van der Waals surface area contributed by atoms with Gasteiger partial charge in [0.05, 0.1) is 0 Å². The Morgan fingerprint density at radius 2 is 0.494 bits per heavy atom. The molecule has 77 heavy (non-hydrogen) atoms. The molecule has 0 aliphatic rings. The van der Waals surface area contributed by atoms with E-state index in [4.69, 9.17) is 14.2 Å². The van der Waals surface area contributed by atoms with Gasteiger partial charge >= 0.3 is 17.9 Å². The highest BCUT2D eigenvalue weighted by atomic mass is 16.6. The van der Waals surface area contributed by atoms with Crippen LogP contribution in [0.2, 0.25) is 0 Å². The number of carbonyl (C=O) groups is 3. The van der Waals surface area contributed by atoms with E-state index >= 15 is 0 Å². The Balaban J connectivity index is 4.44. The first-order valence-electron chi connectivity index (χ1n) is 30.3. The highest BCUT2D eigenvalue weighted by molar-refractivity contribution is 5.71. The normalized spacial score (nSPS) is 13.4. The lowest BCUT2D eigenvalue weighted by molar-refractivity contribution is -0.166. The average Bonchev–Trinajstić information content (AvgIpc) is 3.43. The van der Waals surface area contributed by atoms with Crippen molar-refractivity contribution in [1.82, 2.24) is 0 Å². The van der Waals surface area contributed by atoms with Crippen LogP contribution in [0.1, 0.15) is 226 Å². The van der Waals surface area contributed by atoms with E-state index in [-0.39, 0.29) is 44.0 Å². The number of esters is 3. The van der Waals surface area contributed by atoms with E-state index in [1.54, 1.807) is 0 Å². The van der Waals surface area contributed by atoms with Crippen molar-refractivity contribution < 1.29 is 28.6 Å². The Labute approximate surface area is 472 Å². The zero-order chi connectivity index (χ0) is 55.7. The van der Waals surface area contributed by atoms with Crippen LogP contribution in [0.25, 0.3) is 0 Å². The van der Waals surface area contributed by atoms with E-state index in [0.29, 0.717) is 12.8 Å². The summed E-state index contributed by atoms with van der Waals surface area (Å²) in [5.74, 6) is -1.06. The molecule has 0 amide bonds. The van der Waals surface area contributed by atoms with Crippen molar-refractivity contribution in [1.29, 1.82) is 0 Å². The van der Waals surface area contributed by atoms with Gasteiger partial charge in [0.25, 0.3) is 0 Å². The minimum absolute atomic E-state index is 0.126. The Morgan fingerprint density at radius 1 is 0.260 bits per heavy atom. The monoisotopic (exact) mass is 1060 g/mol. The third-order valence-electron chi connectivity index (χ3n) is 11.9. The summed E-state index contributed by atoms with van der Waals surface area (Å²) in [4.78, 5) is 38.2. The molecule has 0 heterocycles. The molecule has 0 aliphatic heterocycles. The molecule has 0 aromatic rings. The molecule has 428 valence electrons. The van der Waals surface area contributed by atoms with E-state index < -0.39 is 6.10 Å². The maximum atomic E-state index is 12.9. The number of hydrogen-bond donors (Lipinski definition) is 0. The van der Waals surface area contributed by atoms with Gasteiger partial charge in [-0.15, -0.1) is 0 Å². The first-order valence-corrected chi connectivity index (χ1v) is 30.3. The number of unbranched alkanes of at least 4 members (excludes halogenated alkanes) is 11. The zero-order valence-corrected chi connectivity index (χ0v) is 48.9. The van der Waals surface area contributed by atoms with Gasteiger partial charge in [0.2, 0.25) is 0 Å². The molecule has 0 saturated carbocycles. The van der Waals surface area contributed by atoms with E-state index in [1.807, 2.05) is 12.2 Å². The van der Waals surface area contributed by atoms with Crippen LogP contribution in [-0.4, -0.2) is 37.2 Å². The van der Waals surface area contributed by atoms with Gasteiger partial charge in [-0.25, -0.2) is 0 Å². The summed E-state index contributed by atoms with van der Waals surface area (Å²) in [6.07, 6.45) is 94.8. The molecule has 0 radical (unpaired) electrons. The number of hydrogen-bond acceptors (Lipinski definition) is 6. The van der Waals surface area contributed by atoms with Gasteiger partial charge in [0, 0.05) is 19.3 Å². The molecule has 0 fully saturated rings. The Morgan fingerprint density at radius 3 is 0.805 bits per heavy atom. The van der Waals surface area contributed by atoms with Crippen molar-refractivity contribution in [2.24, 2.45) is 0 Å². The number of allylic oxidation sites excluding steroid dienone is 30. The SMILES string of the molecule is CC/C=C\C/C=C\C/C=C\C/C=C\C/C=C\C/C=C\C/C=C\CCCCCCCCCC(=O)OCC(COC(=O)CC/C=C\C/C=C\C/C=C\C/C=C\CC)OC(=O)CCCCCC/C=C\C/C=C\C/C=C\C/C=C\CC. The summed E-state index contributed by atoms with van der Waals surface area (Å²) in [7, 11) is 0. The standard InChI is InChI=1S/C71H108O6/c1-4-7-10-13-16-19-22-25-27-29-30-31-32-33-34-35-36-37-38-39-40-42-43-46-49-52-55-58-61-64-70(73)76-67-68(66-75-69(72)63-60-57-54-51-48-45-24-21-18-15-12-9-6-3)77-71(74)65-62-59-56-53-50-47-44-41-28-26-23-20-17-14-11-8-5-2/h7-12,16-21,25-28,30-31,33-34,36-37,39-40,44-45,47-48,54,57,68H,4-6,13-15,22-24,29,32,35,38,41-43,46,49-53,55-56,58-67H2,1-3H3/b10-7-,11-8-,12-9-,19-16-,20-17-,21-18-,27-25-,28-26-,31-30-,34-33-,37-36-,40-39-,47-44-,48-45-,57-54-. The lowest BCUT2D eigenvalue weighted by Crippen LogP contribution is -2.30. The van der Waals surface area contributed by atoms with Crippen molar-refractivity contribution in [3.05, 3.63) is 182 Å². The maximum absolute atomic E-state index is 12.9.